The van der Waals surface area contributed by atoms with Crippen LogP contribution in [-0.2, 0) is 0 Å². The lowest BCUT2D eigenvalue weighted by molar-refractivity contribution is 0.673. The molecule has 0 atom stereocenters. The molecule has 206 valence electrons. The second-order valence-electron chi connectivity index (χ2n) is 11.0. The lowest BCUT2D eigenvalue weighted by Crippen LogP contribution is -1.96. The van der Waals surface area contributed by atoms with Crippen molar-refractivity contribution in [3.8, 4) is 39.6 Å². The summed E-state index contributed by atoms with van der Waals surface area (Å²) in [6.07, 6.45) is 0. The third kappa shape index (κ3) is 3.78. The number of nitrogens with zero attached hydrogens (tertiary/aromatic N) is 3. The Morgan fingerprint density at radius 1 is 0.455 bits per heavy atom. The number of fused-ring (bicyclic) bond motifs is 7. The van der Waals surface area contributed by atoms with Crippen molar-refractivity contribution in [1.82, 2.24) is 14.5 Å². The second-order valence-corrected chi connectivity index (χ2v) is 11.0. The molecule has 9 aromatic rings. The fourth-order valence-electron chi connectivity index (χ4n) is 6.42. The van der Waals surface area contributed by atoms with Crippen molar-refractivity contribution in [2.24, 2.45) is 0 Å². The first-order chi connectivity index (χ1) is 21.8. The van der Waals surface area contributed by atoms with Gasteiger partial charge < -0.3 is 8.98 Å². The molecule has 0 aliphatic carbocycles. The molecule has 4 heteroatoms. The van der Waals surface area contributed by atoms with E-state index in [1.54, 1.807) is 0 Å². The summed E-state index contributed by atoms with van der Waals surface area (Å²) in [4.78, 5) is 10.2. The number of furan rings is 1. The molecule has 0 bridgehead atoms. The maximum absolute atomic E-state index is 6.91. The number of benzene rings is 6. The van der Waals surface area contributed by atoms with E-state index in [4.69, 9.17) is 14.4 Å². The SMILES string of the molecule is c1ccc(-c2cc(-c3ccccc3)nc(-c3cccc4c3oc3c4ccc4c3c3ccccc3n4-c3ccccc3)n2)cc1. The Balaban J connectivity index is 1.34. The molecule has 0 spiro atoms. The Bertz CT molecular complexity index is 2420. The topological polar surface area (TPSA) is 43.9 Å². The van der Waals surface area contributed by atoms with Gasteiger partial charge in [-0.05, 0) is 42.5 Å². The lowest BCUT2D eigenvalue weighted by atomic mass is 10.0. The fourth-order valence-corrected chi connectivity index (χ4v) is 6.42. The standard InChI is InChI=1S/C40H25N3O/c1-4-13-26(14-5-1)33-25-34(27-15-6-2-7-16-27)42-40(41-33)32-21-12-20-29-30-23-24-36-37(39(30)44-38(29)32)31-19-10-11-22-35(31)43(36)28-17-8-3-9-18-28/h1-25H. The smallest absolute Gasteiger partial charge is 0.164 e. The maximum Gasteiger partial charge on any atom is 0.164 e. The predicted molar refractivity (Wildman–Crippen MR) is 180 cm³/mol. The van der Waals surface area contributed by atoms with Crippen molar-refractivity contribution in [3.63, 3.8) is 0 Å². The molecule has 0 unspecified atom stereocenters. The van der Waals surface area contributed by atoms with Crippen molar-refractivity contribution in [3.05, 3.63) is 152 Å². The van der Waals surface area contributed by atoms with Gasteiger partial charge in [0.15, 0.2) is 5.82 Å². The molecule has 6 aromatic carbocycles. The summed E-state index contributed by atoms with van der Waals surface area (Å²) in [5.74, 6) is 0.637. The van der Waals surface area contributed by atoms with Gasteiger partial charge in [-0.2, -0.15) is 0 Å². The molecule has 0 aliphatic rings. The summed E-state index contributed by atoms with van der Waals surface area (Å²) in [6, 6.07) is 52.3. The van der Waals surface area contributed by atoms with Crippen LogP contribution < -0.4 is 0 Å². The Kier molecular flexibility index (Phi) is 5.47. The molecule has 3 heterocycles. The van der Waals surface area contributed by atoms with E-state index in [0.29, 0.717) is 5.82 Å². The van der Waals surface area contributed by atoms with Gasteiger partial charge in [0.2, 0.25) is 0 Å². The maximum atomic E-state index is 6.91. The Hall–Kier alpha value is -6.00. The highest BCUT2D eigenvalue weighted by Crippen LogP contribution is 2.42. The van der Waals surface area contributed by atoms with Crippen molar-refractivity contribution in [2.75, 3.05) is 0 Å². The number of hydrogen-bond donors (Lipinski definition) is 0. The average molecular weight is 564 g/mol. The molecule has 0 fully saturated rings. The molecule has 0 radical (unpaired) electrons. The predicted octanol–water partition coefficient (Wildman–Crippen LogP) is 10.5. The molecule has 0 saturated heterocycles. The van der Waals surface area contributed by atoms with E-state index in [1.807, 2.05) is 36.4 Å². The van der Waals surface area contributed by atoms with Crippen LogP contribution >= 0.6 is 0 Å². The second kappa shape index (κ2) is 9.79. The van der Waals surface area contributed by atoms with E-state index in [9.17, 15) is 0 Å². The first-order valence-corrected chi connectivity index (χ1v) is 14.8. The zero-order valence-corrected chi connectivity index (χ0v) is 23.7. The van der Waals surface area contributed by atoms with Crippen LogP contribution in [0.2, 0.25) is 0 Å². The van der Waals surface area contributed by atoms with Crippen LogP contribution in [0.25, 0.3) is 83.3 Å². The van der Waals surface area contributed by atoms with Crippen LogP contribution in [0.3, 0.4) is 0 Å². The van der Waals surface area contributed by atoms with Crippen LogP contribution in [0.1, 0.15) is 0 Å². The Morgan fingerprint density at radius 3 is 1.75 bits per heavy atom. The number of para-hydroxylation sites is 3. The largest absolute Gasteiger partial charge is 0.455 e. The van der Waals surface area contributed by atoms with Crippen LogP contribution in [0.4, 0.5) is 0 Å². The molecule has 0 aliphatic heterocycles. The number of hydrogen-bond acceptors (Lipinski definition) is 3. The summed E-state index contributed by atoms with van der Waals surface area (Å²) in [5, 5.41) is 4.39. The molecule has 0 saturated carbocycles. The van der Waals surface area contributed by atoms with E-state index in [-0.39, 0.29) is 0 Å². The Labute approximate surface area is 253 Å². The summed E-state index contributed by atoms with van der Waals surface area (Å²) in [5.41, 5.74) is 9.73. The number of aromatic nitrogens is 3. The van der Waals surface area contributed by atoms with Gasteiger partial charge in [0.25, 0.3) is 0 Å². The van der Waals surface area contributed by atoms with E-state index >= 15 is 0 Å². The van der Waals surface area contributed by atoms with Gasteiger partial charge >= 0.3 is 0 Å². The molecule has 0 N–H and O–H groups in total. The third-order valence-electron chi connectivity index (χ3n) is 8.42. The number of rotatable bonds is 4. The fraction of sp³-hybridized carbons (Fsp3) is 0. The minimum Gasteiger partial charge on any atom is -0.455 e. The van der Waals surface area contributed by atoms with Crippen molar-refractivity contribution >= 4 is 43.7 Å². The molecular formula is C40H25N3O. The average Bonchev–Trinajstić information content (AvgIpc) is 3.65. The monoisotopic (exact) mass is 563 g/mol. The zero-order chi connectivity index (χ0) is 29.0. The summed E-state index contributed by atoms with van der Waals surface area (Å²) >= 11 is 0. The van der Waals surface area contributed by atoms with Crippen LogP contribution in [0, 0.1) is 0 Å². The van der Waals surface area contributed by atoms with Crippen molar-refractivity contribution < 1.29 is 4.42 Å². The molecule has 3 aromatic heterocycles. The van der Waals surface area contributed by atoms with Crippen LogP contribution in [-0.4, -0.2) is 14.5 Å². The van der Waals surface area contributed by atoms with E-state index in [0.717, 1.165) is 77.5 Å². The van der Waals surface area contributed by atoms with E-state index < -0.39 is 0 Å². The zero-order valence-electron chi connectivity index (χ0n) is 23.7. The van der Waals surface area contributed by atoms with E-state index in [2.05, 4.69) is 120 Å². The van der Waals surface area contributed by atoms with Gasteiger partial charge in [0.1, 0.15) is 11.2 Å². The summed E-state index contributed by atoms with van der Waals surface area (Å²) in [6.45, 7) is 0. The first-order valence-electron chi connectivity index (χ1n) is 14.8. The minimum atomic E-state index is 0.637. The van der Waals surface area contributed by atoms with Crippen LogP contribution in [0.5, 0.6) is 0 Å². The highest BCUT2D eigenvalue weighted by atomic mass is 16.3. The molecular weight excluding hydrogens is 538 g/mol. The lowest BCUT2D eigenvalue weighted by Gasteiger charge is -2.09. The van der Waals surface area contributed by atoms with Crippen molar-refractivity contribution in [2.45, 2.75) is 0 Å². The molecule has 0 amide bonds. The highest BCUT2D eigenvalue weighted by Gasteiger charge is 2.21. The van der Waals surface area contributed by atoms with Gasteiger partial charge in [-0.1, -0.05) is 109 Å². The Morgan fingerprint density at radius 2 is 1.05 bits per heavy atom. The van der Waals surface area contributed by atoms with Gasteiger partial charge in [-0.3, -0.25) is 0 Å². The van der Waals surface area contributed by atoms with Crippen molar-refractivity contribution in [1.29, 1.82) is 0 Å². The minimum absolute atomic E-state index is 0.637. The van der Waals surface area contributed by atoms with E-state index in [1.165, 1.54) is 0 Å². The molecule has 4 nitrogen and oxygen atoms in total. The van der Waals surface area contributed by atoms with Gasteiger partial charge in [-0.25, -0.2) is 9.97 Å². The highest BCUT2D eigenvalue weighted by molar-refractivity contribution is 6.24. The molecule has 44 heavy (non-hydrogen) atoms. The summed E-state index contributed by atoms with van der Waals surface area (Å²) in [7, 11) is 0. The van der Waals surface area contributed by atoms with Gasteiger partial charge in [0, 0.05) is 33.0 Å². The first kappa shape index (κ1) is 24.6. The quantitative estimate of drug-likeness (QED) is 0.214. The normalized spacial score (nSPS) is 11.6. The van der Waals surface area contributed by atoms with Gasteiger partial charge in [-0.15, -0.1) is 0 Å². The molecule has 9 rings (SSSR count). The van der Waals surface area contributed by atoms with Gasteiger partial charge in [0.05, 0.1) is 33.4 Å². The summed E-state index contributed by atoms with van der Waals surface area (Å²) < 4.78 is 9.22. The van der Waals surface area contributed by atoms with Crippen LogP contribution in [0.15, 0.2) is 156 Å². The third-order valence-corrected chi connectivity index (χ3v) is 8.42.